The summed E-state index contributed by atoms with van der Waals surface area (Å²) in [6, 6.07) is 6.45. The second-order valence-corrected chi connectivity index (χ2v) is 5.40. The second kappa shape index (κ2) is 4.67. The highest BCUT2D eigenvalue weighted by molar-refractivity contribution is 6.18. The molecule has 0 radical (unpaired) electrons. The summed E-state index contributed by atoms with van der Waals surface area (Å²) in [5, 5.41) is 0. The van der Waals surface area contributed by atoms with Gasteiger partial charge in [0.25, 0.3) is 0 Å². The third-order valence-electron chi connectivity index (χ3n) is 3.04. The van der Waals surface area contributed by atoms with Crippen molar-refractivity contribution in [2.24, 2.45) is 0 Å². The minimum absolute atomic E-state index is 0.287. The number of hydrogen-bond donors (Lipinski definition) is 0. The molecule has 0 saturated heterocycles. The Balaban J connectivity index is 2.17. The molecule has 2 rings (SSSR count). The van der Waals surface area contributed by atoms with Gasteiger partial charge in [-0.25, -0.2) is 0 Å². The van der Waals surface area contributed by atoms with E-state index in [4.69, 9.17) is 16.3 Å². The lowest BCUT2D eigenvalue weighted by molar-refractivity contribution is 0.134. The van der Waals surface area contributed by atoms with Gasteiger partial charge in [0, 0.05) is 0 Å². The Morgan fingerprint density at radius 2 is 1.88 bits per heavy atom. The summed E-state index contributed by atoms with van der Waals surface area (Å²) in [5.74, 6) is 1.45. The molecule has 0 amide bonds. The Hall–Kier alpha value is -0.690. The maximum atomic E-state index is 5.89. The van der Waals surface area contributed by atoms with Crippen LogP contribution in [0.25, 0.3) is 0 Å². The molecule has 1 aromatic rings. The molecular weight excluding hydrogens is 220 g/mol. The maximum absolute atomic E-state index is 5.89. The van der Waals surface area contributed by atoms with Crippen LogP contribution in [0, 0.1) is 0 Å². The zero-order chi connectivity index (χ0) is 11.6. The third-order valence-corrected chi connectivity index (χ3v) is 3.68. The summed E-state index contributed by atoms with van der Waals surface area (Å²) in [4.78, 5) is 0. The van der Waals surface area contributed by atoms with Crippen molar-refractivity contribution >= 4 is 11.6 Å². The molecule has 88 valence electrons. The number of halogens is 1. The van der Waals surface area contributed by atoms with E-state index in [1.807, 2.05) is 13.8 Å². The summed E-state index contributed by atoms with van der Waals surface area (Å²) in [7, 11) is 0. The highest BCUT2D eigenvalue weighted by Gasteiger charge is 2.19. The fourth-order valence-corrected chi connectivity index (χ4v) is 2.17. The van der Waals surface area contributed by atoms with Gasteiger partial charge in [-0.05, 0) is 62.8 Å². The first-order valence-electron chi connectivity index (χ1n) is 5.97. The molecule has 1 aliphatic carbocycles. The Bertz CT molecular complexity index is 371. The summed E-state index contributed by atoms with van der Waals surface area (Å²) < 4.78 is 5.89. The molecule has 0 spiro atoms. The molecule has 0 saturated carbocycles. The largest absolute Gasteiger partial charge is 0.487 e. The quantitative estimate of drug-likeness (QED) is 0.725. The molecule has 0 aromatic heterocycles. The molecule has 0 atom stereocenters. The van der Waals surface area contributed by atoms with Gasteiger partial charge >= 0.3 is 0 Å². The van der Waals surface area contributed by atoms with Crippen molar-refractivity contribution in [2.75, 3.05) is 5.88 Å². The van der Waals surface area contributed by atoms with Crippen LogP contribution in [0.4, 0.5) is 0 Å². The first-order chi connectivity index (χ1) is 7.61. The molecule has 1 aliphatic rings. The smallest absolute Gasteiger partial charge is 0.120 e. The molecule has 0 fully saturated rings. The zero-order valence-corrected chi connectivity index (χ0v) is 10.8. The molecule has 0 bridgehead atoms. The van der Waals surface area contributed by atoms with E-state index in [1.54, 1.807) is 0 Å². The van der Waals surface area contributed by atoms with Crippen molar-refractivity contribution in [3.63, 3.8) is 0 Å². The first-order valence-corrected chi connectivity index (χ1v) is 6.51. The SMILES string of the molecule is CC(C)(CCl)Oc1ccc2c(c1)CCCC2. The van der Waals surface area contributed by atoms with Gasteiger partial charge in [0.15, 0.2) is 0 Å². The molecule has 0 heterocycles. The lowest BCUT2D eigenvalue weighted by Gasteiger charge is -2.25. The third kappa shape index (κ3) is 2.70. The molecule has 16 heavy (non-hydrogen) atoms. The number of aryl methyl sites for hydroxylation is 2. The lowest BCUT2D eigenvalue weighted by Crippen LogP contribution is -2.30. The van der Waals surface area contributed by atoms with Crippen LogP contribution < -0.4 is 4.74 Å². The van der Waals surface area contributed by atoms with Crippen molar-refractivity contribution < 1.29 is 4.74 Å². The van der Waals surface area contributed by atoms with Crippen molar-refractivity contribution in [1.82, 2.24) is 0 Å². The van der Waals surface area contributed by atoms with Gasteiger partial charge in [0.1, 0.15) is 11.4 Å². The van der Waals surface area contributed by atoms with E-state index < -0.39 is 0 Å². The van der Waals surface area contributed by atoms with Crippen LogP contribution in [0.15, 0.2) is 18.2 Å². The molecule has 1 aromatic carbocycles. The Labute approximate surface area is 103 Å². The van der Waals surface area contributed by atoms with E-state index in [9.17, 15) is 0 Å². The van der Waals surface area contributed by atoms with E-state index in [-0.39, 0.29) is 5.60 Å². The van der Waals surface area contributed by atoms with Gasteiger partial charge < -0.3 is 4.74 Å². The topological polar surface area (TPSA) is 9.23 Å². The lowest BCUT2D eigenvalue weighted by atomic mass is 9.92. The van der Waals surface area contributed by atoms with Crippen LogP contribution in [-0.4, -0.2) is 11.5 Å². The number of ether oxygens (including phenoxy) is 1. The van der Waals surface area contributed by atoms with Gasteiger partial charge in [-0.1, -0.05) is 6.07 Å². The van der Waals surface area contributed by atoms with Crippen molar-refractivity contribution in [2.45, 2.75) is 45.1 Å². The standard InChI is InChI=1S/C14H19ClO/c1-14(2,10-15)16-13-8-7-11-5-3-4-6-12(11)9-13/h7-9H,3-6,10H2,1-2H3. The molecule has 2 heteroatoms. The second-order valence-electron chi connectivity index (χ2n) is 5.13. The van der Waals surface area contributed by atoms with Crippen molar-refractivity contribution in [3.05, 3.63) is 29.3 Å². The van der Waals surface area contributed by atoms with E-state index >= 15 is 0 Å². The number of alkyl halides is 1. The van der Waals surface area contributed by atoms with Crippen LogP contribution >= 0.6 is 11.6 Å². The van der Waals surface area contributed by atoms with Gasteiger partial charge in [0.05, 0.1) is 5.88 Å². The summed E-state index contributed by atoms with van der Waals surface area (Å²) in [6.07, 6.45) is 5.03. The fraction of sp³-hybridized carbons (Fsp3) is 0.571. The van der Waals surface area contributed by atoms with Crippen LogP contribution in [0.2, 0.25) is 0 Å². The van der Waals surface area contributed by atoms with Gasteiger partial charge in [-0.2, -0.15) is 0 Å². The van der Waals surface area contributed by atoms with Crippen LogP contribution in [0.1, 0.15) is 37.8 Å². The van der Waals surface area contributed by atoms with E-state index in [1.165, 1.54) is 36.8 Å². The summed E-state index contributed by atoms with van der Waals surface area (Å²) in [5.41, 5.74) is 2.65. The Morgan fingerprint density at radius 1 is 1.19 bits per heavy atom. The van der Waals surface area contributed by atoms with Gasteiger partial charge in [-0.3, -0.25) is 0 Å². The van der Waals surface area contributed by atoms with Gasteiger partial charge in [0.2, 0.25) is 0 Å². The van der Waals surface area contributed by atoms with Crippen LogP contribution in [0.3, 0.4) is 0 Å². The first kappa shape index (κ1) is 11.8. The van der Waals surface area contributed by atoms with E-state index in [2.05, 4.69) is 18.2 Å². The Morgan fingerprint density at radius 3 is 2.56 bits per heavy atom. The van der Waals surface area contributed by atoms with Crippen LogP contribution in [0.5, 0.6) is 5.75 Å². The average Bonchev–Trinajstić information content (AvgIpc) is 2.28. The maximum Gasteiger partial charge on any atom is 0.120 e. The van der Waals surface area contributed by atoms with Crippen molar-refractivity contribution in [1.29, 1.82) is 0 Å². The minimum atomic E-state index is -0.287. The fourth-order valence-electron chi connectivity index (χ4n) is 2.12. The normalized spacial score (nSPS) is 15.7. The van der Waals surface area contributed by atoms with E-state index in [0.717, 1.165) is 5.75 Å². The predicted octanol–water partition coefficient (Wildman–Crippen LogP) is 3.96. The number of benzene rings is 1. The molecule has 0 N–H and O–H groups in total. The summed E-state index contributed by atoms with van der Waals surface area (Å²) in [6.45, 7) is 4.03. The van der Waals surface area contributed by atoms with E-state index in [0.29, 0.717) is 5.88 Å². The minimum Gasteiger partial charge on any atom is -0.487 e. The van der Waals surface area contributed by atoms with Gasteiger partial charge in [-0.15, -0.1) is 11.6 Å². The summed E-state index contributed by atoms with van der Waals surface area (Å²) >= 11 is 5.86. The molecular formula is C14H19ClO. The molecule has 0 aliphatic heterocycles. The highest BCUT2D eigenvalue weighted by Crippen LogP contribution is 2.27. The molecule has 0 unspecified atom stereocenters. The predicted molar refractivity (Wildman–Crippen MR) is 68.5 cm³/mol. The number of fused-ring (bicyclic) bond motifs is 1. The number of rotatable bonds is 3. The average molecular weight is 239 g/mol. The zero-order valence-electron chi connectivity index (χ0n) is 10.1. The molecule has 1 nitrogen and oxygen atoms in total. The van der Waals surface area contributed by atoms with Crippen molar-refractivity contribution in [3.8, 4) is 5.75 Å². The van der Waals surface area contributed by atoms with Crippen LogP contribution in [-0.2, 0) is 12.8 Å². The monoisotopic (exact) mass is 238 g/mol. The Kier molecular flexibility index (Phi) is 3.44. The number of hydrogen-bond acceptors (Lipinski definition) is 1. The highest BCUT2D eigenvalue weighted by atomic mass is 35.5.